The number of hydrogen-bond donors (Lipinski definition) is 1. The van der Waals surface area contributed by atoms with E-state index in [1.54, 1.807) is 0 Å². The van der Waals surface area contributed by atoms with Crippen molar-refractivity contribution in [3.05, 3.63) is 35.4 Å². The van der Waals surface area contributed by atoms with Gasteiger partial charge in [0.15, 0.2) is 0 Å². The van der Waals surface area contributed by atoms with Gasteiger partial charge < -0.3 is 5.73 Å². The Morgan fingerprint density at radius 1 is 1.22 bits per heavy atom. The van der Waals surface area contributed by atoms with Crippen molar-refractivity contribution in [2.24, 2.45) is 5.73 Å². The predicted octanol–water partition coefficient (Wildman–Crippen LogP) is 3.33. The van der Waals surface area contributed by atoms with Gasteiger partial charge in [0.05, 0.1) is 0 Å². The van der Waals surface area contributed by atoms with Crippen LogP contribution in [0, 0.1) is 6.92 Å². The van der Waals surface area contributed by atoms with Gasteiger partial charge in [0.2, 0.25) is 0 Å². The molecule has 0 aliphatic rings. The second-order valence-electron chi connectivity index (χ2n) is 5.27. The molecule has 0 heterocycles. The van der Waals surface area contributed by atoms with E-state index in [9.17, 15) is 0 Å². The molecule has 102 valence electrons. The maximum absolute atomic E-state index is 6.29. The van der Waals surface area contributed by atoms with Gasteiger partial charge in [0.25, 0.3) is 0 Å². The van der Waals surface area contributed by atoms with Crippen molar-refractivity contribution in [2.45, 2.75) is 58.7 Å². The number of likely N-dealkylation sites (N-methyl/N-ethyl adjacent to an activating group) is 1. The maximum Gasteiger partial charge on any atom is 0.0245 e. The van der Waals surface area contributed by atoms with Crippen LogP contribution in [-0.4, -0.2) is 24.0 Å². The van der Waals surface area contributed by atoms with Crippen LogP contribution in [0.2, 0.25) is 0 Å². The number of hydrogen-bond acceptors (Lipinski definition) is 2. The fraction of sp³-hybridized carbons (Fsp3) is 0.625. The molecule has 0 amide bonds. The van der Waals surface area contributed by atoms with E-state index in [-0.39, 0.29) is 6.04 Å². The summed E-state index contributed by atoms with van der Waals surface area (Å²) in [6.45, 7) is 7.60. The van der Waals surface area contributed by atoms with Crippen LogP contribution in [0.3, 0.4) is 0 Å². The van der Waals surface area contributed by atoms with Crippen molar-refractivity contribution in [2.75, 3.05) is 7.05 Å². The summed E-state index contributed by atoms with van der Waals surface area (Å²) in [4.78, 5) is 2.41. The van der Waals surface area contributed by atoms with Crippen molar-refractivity contribution >= 4 is 0 Å². The van der Waals surface area contributed by atoms with E-state index in [1.807, 2.05) is 0 Å². The molecule has 0 saturated heterocycles. The highest BCUT2D eigenvalue weighted by molar-refractivity contribution is 5.25. The van der Waals surface area contributed by atoms with E-state index in [0.29, 0.717) is 6.04 Å². The average molecular weight is 248 g/mol. The lowest BCUT2D eigenvalue weighted by atomic mass is 9.99. The van der Waals surface area contributed by atoms with Gasteiger partial charge in [-0.2, -0.15) is 0 Å². The van der Waals surface area contributed by atoms with E-state index in [4.69, 9.17) is 5.73 Å². The van der Waals surface area contributed by atoms with Gasteiger partial charge in [-0.25, -0.2) is 0 Å². The molecule has 0 bridgehead atoms. The molecule has 1 rings (SSSR count). The molecule has 0 aromatic heterocycles. The Kier molecular flexibility index (Phi) is 6.37. The molecule has 0 spiro atoms. The molecule has 18 heavy (non-hydrogen) atoms. The maximum atomic E-state index is 6.29. The number of benzene rings is 1. The third-order valence-electron chi connectivity index (χ3n) is 3.78. The first-order valence-corrected chi connectivity index (χ1v) is 7.10. The summed E-state index contributed by atoms with van der Waals surface area (Å²) in [5.74, 6) is 0. The molecule has 2 nitrogen and oxygen atoms in total. The van der Waals surface area contributed by atoms with Gasteiger partial charge in [0, 0.05) is 18.6 Å². The lowest BCUT2D eigenvalue weighted by molar-refractivity contribution is 0.191. The Morgan fingerprint density at radius 2 is 1.89 bits per heavy atom. The van der Waals surface area contributed by atoms with Crippen LogP contribution in [0.5, 0.6) is 0 Å². The Balaban J connectivity index is 2.68. The zero-order chi connectivity index (χ0) is 13.5. The highest BCUT2D eigenvalue weighted by Crippen LogP contribution is 2.15. The standard InChI is InChI=1S/C16H28N2/c1-5-9-15(17)16(6-2)18(4)12-14-11-8-7-10-13(14)3/h7-8,10-11,15-16H,5-6,9,12,17H2,1-4H3. The van der Waals surface area contributed by atoms with Gasteiger partial charge in [-0.05, 0) is 37.9 Å². The smallest absolute Gasteiger partial charge is 0.0245 e. The fourth-order valence-corrected chi connectivity index (χ4v) is 2.64. The van der Waals surface area contributed by atoms with Gasteiger partial charge in [0.1, 0.15) is 0 Å². The first-order chi connectivity index (χ1) is 8.60. The topological polar surface area (TPSA) is 29.3 Å². The van der Waals surface area contributed by atoms with Crippen molar-refractivity contribution in [1.29, 1.82) is 0 Å². The fourth-order valence-electron chi connectivity index (χ4n) is 2.64. The van der Waals surface area contributed by atoms with E-state index < -0.39 is 0 Å². The minimum atomic E-state index is 0.286. The highest BCUT2D eigenvalue weighted by Gasteiger charge is 2.20. The second kappa shape index (κ2) is 7.55. The van der Waals surface area contributed by atoms with E-state index in [1.165, 1.54) is 11.1 Å². The van der Waals surface area contributed by atoms with Crippen molar-refractivity contribution < 1.29 is 0 Å². The number of aryl methyl sites for hydroxylation is 1. The molecule has 0 radical (unpaired) electrons. The van der Waals surface area contributed by atoms with Gasteiger partial charge in [-0.1, -0.05) is 44.5 Å². The first kappa shape index (κ1) is 15.2. The third-order valence-corrected chi connectivity index (χ3v) is 3.78. The molecule has 2 heteroatoms. The van der Waals surface area contributed by atoms with Crippen LogP contribution in [0.25, 0.3) is 0 Å². The van der Waals surface area contributed by atoms with Crippen molar-refractivity contribution in [3.63, 3.8) is 0 Å². The van der Waals surface area contributed by atoms with E-state index >= 15 is 0 Å². The van der Waals surface area contributed by atoms with Crippen LogP contribution >= 0.6 is 0 Å². The number of nitrogens with zero attached hydrogens (tertiary/aromatic N) is 1. The molecular formula is C16H28N2. The Morgan fingerprint density at radius 3 is 2.44 bits per heavy atom. The molecule has 2 N–H and O–H groups in total. The second-order valence-corrected chi connectivity index (χ2v) is 5.27. The van der Waals surface area contributed by atoms with Crippen LogP contribution in [0.1, 0.15) is 44.2 Å². The molecule has 1 aromatic carbocycles. The van der Waals surface area contributed by atoms with Crippen LogP contribution in [0.4, 0.5) is 0 Å². The Bertz CT molecular complexity index is 349. The summed E-state index contributed by atoms with van der Waals surface area (Å²) in [7, 11) is 2.19. The van der Waals surface area contributed by atoms with Crippen LogP contribution < -0.4 is 5.73 Å². The minimum absolute atomic E-state index is 0.286. The Hall–Kier alpha value is -0.860. The normalized spacial score (nSPS) is 14.8. The average Bonchev–Trinajstić information content (AvgIpc) is 2.33. The lowest BCUT2D eigenvalue weighted by Crippen LogP contribution is -2.45. The summed E-state index contributed by atoms with van der Waals surface area (Å²) >= 11 is 0. The molecule has 2 atom stereocenters. The summed E-state index contributed by atoms with van der Waals surface area (Å²) in [5, 5.41) is 0. The van der Waals surface area contributed by atoms with Gasteiger partial charge in [-0.3, -0.25) is 4.90 Å². The molecule has 0 fully saturated rings. The quantitative estimate of drug-likeness (QED) is 0.802. The van der Waals surface area contributed by atoms with E-state index in [0.717, 1.165) is 25.8 Å². The van der Waals surface area contributed by atoms with Crippen LogP contribution in [0.15, 0.2) is 24.3 Å². The molecular weight excluding hydrogens is 220 g/mol. The zero-order valence-electron chi connectivity index (χ0n) is 12.3. The minimum Gasteiger partial charge on any atom is -0.326 e. The lowest BCUT2D eigenvalue weighted by Gasteiger charge is -2.32. The molecule has 2 unspecified atom stereocenters. The molecule has 0 saturated carbocycles. The predicted molar refractivity (Wildman–Crippen MR) is 79.6 cm³/mol. The highest BCUT2D eigenvalue weighted by atomic mass is 15.1. The summed E-state index contributed by atoms with van der Waals surface area (Å²) < 4.78 is 0. The number of nitrogens with two attached hydrogens (primary N) is 1. The third kappa shape index (κ3) is 4.11. The van der Waals surface area contributed by atoms with Crippen molar-refractivity contribution in [1.82, 2.24) is 4.90 Å². The summed E-state index contributed by atoms with van der Waals surface area (Å²) in [5.41, 5.74) is 9.06. The summed E-state index contributed by atoms with van der Waals surface area (Å²) in [6, 6.07) is 9.36. The summed E-state index contributed by atoms with van der Waals surface area (Å²) in [6.07, 6.45) is 3.38. The molecule has 0 aliphatic carbocycles. The zero-order valence-corrected chi connectivity index (χ0v) is 12.3. The molecule has 0 aliphatic heterocycles. The Labute approximate surface area is 112 Å². The monoisotopic (exact) mass is 248 g/mol. The SMILES string of the molecule is CCCC(N)C(CC)N(C)Cc1ccccc1C. The van der Waals surface area contributed by atoms with Gasteiger partial charge in [-0.15, -0.1) is 0 Å². The van der Waals surface area contributed by atoms with E-state index in [2.05, 4.69) is 57.0 Å². The number of rotatable bonds is 7. The first-order valence-electron chi connectivity index (χ1n) is 7.10. The van der Waals surface area contributed by atoms with Crippen molar-refractivity contribution in [3.8, 4) is 0 Å². The van der Waals surface area contributed by atoms with Crippen LogP contribution in [-0.2, 0) is 6.54 Å². The largest absolute Gasteiger partial charge is 0.326 e. The molecule has 1 aromatic rings. The van der Waals surface area contributed by atoms with Gasteiger partial charge >= 0.3 is 0 Å².